The van der Waals surface area contributed by atoms with Crippen molar-refractivity contribution in [2.24, 2.45) is 5.92 Å². The monoisotopic (exact) mass is 489 g/mol. The van der Waals surface area contributed by atoms with E-state index in [0.717, 1.165) is 5.56 Å². The van der Waals surface area contributed by atoms with Crippen molar-refractivity contribution in [3.8, 4) is 0 Å². The zero-order valence-electron chi connectivity index (χ0n) is 22.0. The van der Waals surface area contributed by atoms with Crippen molar-refractivity contribution in [1.82, 2.24) is 16.0 Å². The quantitative estimate of drug-likeness (QED) is 0.343. The number of carbonyl (C=O) groups is 4. The van der Waals surface area contributed by atoms with Gasteiger partial charge in [-0.15, -0.1) is 0 Å². The number of methoxy groups -OCH3 is 1. The molecule has 9 nitrogen and oxygen atoms in total. The molecule has 0 aliphatic rings. The topological polar surface area (TPSA) is 123 Å². The summed E-state index contributed by atoms with van der Waals surface area (Å²) in [6, 6.07) is 7.28. The second-order valence-electron chi connectivity index (χ2n) is 9.60. The summed E-state index contributed by atoms with van der Waals surface area (Å²) >= 11 is 0. The third-order valence-corrected chi connectivity index (χ3v) is 5.13. The number of amides is 3. The number of ether oxygens (including phenoxy) is 2. The molecule has 0 heterocycles. The molecule has 0 fully saturated rings. The van der Waals surface area contributed by atoms with Gasteiger partial charge in [-0.25, -0.2) is 9.59 Å². The Morgan fingerprint density at radius 1 is 1.00 bits per heavy atom. The van der Waals surface area contributed by atoms with Crippen molar-refractivity contribution < 1.29 is 28.7 Å². The van der Waals surface area contributed by atoms with Crippen LogP contribution in [0.5, 0.6) is 0 Å². The smallest absolute Gasteiger partial charge is 0.408 e. The van der Waals surface area contributed by atoms with Gasteiger partial charge in [0.2, 0.25) is 5.91 Å². The van der Waals surface area contributed by atoms with Crippen LogP contribution in [-0.2, 0) is 30.3 Å². The van der Waals surface area contributed by atoms with Crippen LogP contribution in [0.2, 0.25) is 0 Å². The van der Waals surface area contributed by atoms with E-state index in [1.165, 1.54) is 7.11 Å². The van der Waals surface area contributed by atoms with E-state index in [1.807, 2.05) is 37.3 Å². The summed E-state index contributed by atoms with van der Waals surface area (Å²) in [4.78, 5) is 51.0. The van der Waals surface area contributed by atoms with Crippen LogP contribution in [0.4, 0.5) is 4.79 Å². The Bertz CT molecular complexity index is 919. The SMILES string of the molecule is CCC(C)=C(NC(=O)[C@H](Cc1ccccc1)NC(=O)OC(C)(C)C)C(=O)N[C@H](C(=O)OC)C(C)C. The molecular formula is C26H39N3O6. The Labute approximate surface area is 208 Å². The van der Waals surface area contributed by atoms with E-state index in [2.05, 4.69) is 16.0 Å². The predicted octanol–water partition coefficient (Wildman–Crippen LogP) is 3.24. The molecule has 0 aliphatic carbocycles. The second kappa shape index (κ2) is 13.5. The molecular weight excluding hydrogens is 450 g/mol. The zero-order chi connectivity index (χ0) is 26.8. The number of alkyl carbamates (subject to hydrolysis) is 1. The van der Waals surface area contributed by atoms with Crippen LogP contribution in [0, 0.1) is 5.92 Å². The zero-order valence-corrected chi connectivity index (χ0v) is 22.0. The molecule has 0 radical (unpaired) electrons. The Balaban J connectivity index is 3.19. The number of nitrogens with one attached hydrogen (secondary N) is 3. The molecule has 0 spiro atoms. The van der Waals surface area contributed by atoms with Crippen molar-refractivity contribution in [3.05, 3.63) is 47.2 Å². The Morgan fingerprint density at radius 3 is 2.09 bits per heavy atom. The highest BCUT2D eigenvalue weighted by Gasteiger charge is 2.30. The first-order valence-corrected chi connectivity index (χ1v) is 11.7. The van der Waals surface area contributed by atoms with Crippen LogP contribution < -0.4 is 16.0 Å². The lowest BCUT2D eigenvalue weighted by atomic mass is 10.0. The number of benzene rings is 1. The first kappa shape index (κ1) is 29.7. The van der Waals surface area contributed by atoms with Crippen molar-refractivity contribution in [2.45, 2.75) is 79.0 Å². The number of rotatable bonds is 10. The third-order valence-electron chi connectivity index (χ3n) is 5.13. The molecule has 9 heteroatoms. The molecule has 0 unspecified atom stereocenters. The van der Waals surface area contributed by atoms with Gasteiger partial charge >= 0.3 is 12.1 Å². The summed E-state index contributed by atoms with van der Waals surface area (Å²) < 4.78 is 10.1. The van der Waals surface area contributed by atoms with Gasteiger partial charge in [0.1, 0.15) is 23.4 Å². The van der Waals surface area contributed by atoms with Crippen LogP contribution in [0.1, 0.15) is 60.5 Å². The van der Waals surface area contributed by atoms with Gasteiger partial charge in [0, 0.05) is 6.42 Å². The molecule has 35 heavy (non-hydrogen) atoms. The first-order chi connectivity index (χ1) is 16.3. The number of hydrogen-bond acceptors (Lipinski definition) is 6. The second-order valence-corrected chi connectivity index (χ2v) is 9.60. The van der Waals surface area contributed by atoms with Crippen LogP contribution in [0.25, 0.3) is 0 Å². The first-order valence-electron chi connectivity index (χ1n) is 11.7. The van der Waals surface area contributed by atoms with Gasteiger partial charge in [-0.2, -0.15) is 0 Å². The molecule has 2 atom stereocenters. The highest BCUT2D eigenvalue weighted by Crippen LogP contribution is 2.12. The van der Waals surface area contributed by atoms with Crippen molar-refractivity contribution in [3.63, 3.8) is 0 Å². The fraction of sp³-hybridized carbons (Fsp3) is 0.538. The minimum absolute atomic E-state index is 0.0242. The maximum atomic E-state index is 13.3. The highest BCUT2D eigenvalue weighted by atomic mass is 16.6. The molecule has 194 valence electrons. The maximum Gasteiger partial charge on any atom is 0.408 e. The van der Waals surface area contributed by atoms with E-state index >= 15 is 0 Å². The summed E-state index contributed by atoms with van der Waals surface area (Å²) in [5, 5.41) is 7.92. The highest BCUT2D eigenvalue weighted by molar-refractivity contribution is 6.01. The lowest BCUT2D eigenvalue weighted by Crippen LogP contribution is -2.52. The lowest BCUT2D eigenvalue weighted by molar-refractivity contribution is -0.146. The summed E-state index contributed by atoms with van der Waals surface area (Å²) in [7, 11) is 1.25. The minimum Gasteiger partial charge on any atom is -0.467 e. The molecule has 0 saturated heterocycles. The van der Waals surface area contributed by atoms with E-state index < -0.39 is 41.6 Å². The fourth-order valence-corrected chi connectivity index (χ4v) is 3.09. The molecule has 0 bridgehead atoms. The van der Waals surface area contributed by atoms with Crippen molar-refractivity contribution >= 4 is 23.9 Å². The van der Waals surface area contributed by atoms with Crippen LogP contribution in [-0.4, -0.2) is 48.7 Å². The Morgan fingerprint density at radius 2 is 1.60 bits per heavy atom. The normalized spacial score (nSPS) is 13.7. The number of carbonyl (C=O) groups excluding carboxylic acids is 4. The average molecular weight is 490 g/mol. The lowest BCUT2D eigenvalue weighted by Gasteiger charge is -2.25. The van der Waals surface area contributed by atoms with Gasteiger partial charge in [0.15, 0.2) is 0 Å². The molecule has 0 aromatic heterocycles. The molecule has 1 rings (SSSR count). The maximum absolute atomic E-state index is 13.3. The molecule has 0 aliphatic heterocycles. The molecule has 3 amide bonds. The van der Waals surface area contributed by atoms with E-state index in [9.17, 15) is 19.2 Å². The van der Waals surface area contributed by atoms with Crippen LogP contribution in [0.3, 0.4) is 0 Å². The summed E-state index contributed by atoms with van der Waals surface area (Å²) in [5.74, 6) is -2.01. The van der Waals surface area contributed by atoms with Crippen molar-refractivity contribution in [2.75, 3.05) is 7.11 Å². The Kier molecular flexibility index (Phi) is 11.5. The van der Waals surface area contributed by atoms with Gasteiger partial charge in [-0.3, -0.25) is 9.59 Å². The fourth-order valence-electron chi connectivity index (χ4n) is 3.09. The molecule has 3 N–H and O–H groups in total. The van der Waals surface area contributed by atoms with Gasteiger partial charge in [0.05, 0.1) is 7.11 Å². The third kappa shape index (κ3) is 10.2. The average Bonchev–Trinajstić information content (AvgIpc) is 2.78. The van der Waals surface area contributed by atoms with E-state index in [1.54, 1.807) is 41.5 Å². The van der Waals surface area contributed by atoms with Crippen molar-refractivity contribution in [1.29, 1.82) is 0 Å². The van der Waals surface area contributed by atoms with Gasteiger partial charge in [-0.1, -0.05) is 51.1 Å². The Hall–Kier alpha value is -3.36. The standard InChI is InChI=1S/C26H39N3O6/c1-9-17(4)21(23(31)28-20(16(2)3)24(32)34-8)29-22(30)19(15-18-13-11-10-12-14-18)27-25(33)35-26(5,6)7/h10-14,16,19-20H,9,15H2,1-8H3,(H,27,33)(H,28,31)(H,29,30)/t19-,20-/m0/s1. The minimum atomic E-state index is -1.01. The number of hydrogen-bond donors (Lipinski definition) is 3. The largest absolute Gasteiger partial charge is 0.467 e. The summed E-state index contributed by atoms with van der Waals surface area (Å²) in [6.45, 7) is 12.3. The summed E-state index contributed by atoms with van der Waals surface area (Å²) in [6.07, 6.45) is -0.0829. The number of esters is 1. The van der Waals surface area contributed by atoms with E-state index in [4.69, 9.17) is 9.47 Å². The predicted molar refractivity (Wildman–Crippen MR) is 133 cm³/mol. The van der Waals surface area contributed by atoms with E-state index in [0.29, 0.717) is 12.0 Å². The summed E-state index contributed by atoms with van der Waals surface area (Å²) in [5.41, 5.74) is 0.702. The van der Waals surface area contributed by atoms with Gasteiger partial charge < -0.3 is 25.4 Å². The van der Waals surface area contributed by atoms with Gasteiger partial charge in [-0.05, 0) is 51.2 Å². The van der Waals surface area contributed by atoms with Crippen LogP contribution >= 0.6 is 0 Å². The van der Waals surface area contributed by atoms with E-state index in [-0.39, 0.29) is 18.0 Å². The molecule has 1 aromatic rings. The van der Waals surface area contributed by atoms with Crippen LogP contribution in [0.15, 0.2) is 41.6 Å². The molecule has 0 saturated carbocycles. The molecule has 1 aromatic carbocycles. The number of allylic oxidation sites excluding steroid dienone is 1. The van der Waals surface area contributed by atoms with Gasteiger partial charge in [0.25, 0.3) is 5.91 Å².